The predicted molar refractivity (Wildman–Crippen MR) is 94.5 cm³/mol. The van der Waals surface area contributed by atoms with Crippen LogP contribution in [0.25, 0.3) is 0 Å². The number of rotatable bonds is 5. The molecule has 3 heteroatoms. The summed E-state index contributed by atoms with van der Waals surface area (Å²) in [4.78, 5) is 2.52. The third-order valence-corrected chi connectivity index (χ3v) is 6.12. The van der Waals surface area contributed by atoms with Gasteiger partial charge in [-0.15, -0.1) is 0 Å². The molecule has 0 heterocycles. The molecule has 1 atom stereocenters. The molecule has 1 aliphatic carbocycles. The lowest BCUT2D eigenvalue weighted by Crippen LogP contribution is -2.40. The highest BCUT2D eigenvalue weighted by molar-refractivity contribution is 9.10. The number of benzene rings is 1. The monoisotopic (exact) mass is 352 g/mol. The molecule has 0 aliphatic heterocycles. The van der Waals surface area contributed by atoms with E-state index in [4.69, 9.17) is 5.73 Å². The molecule has 0 bridgehead atoms. The van der Waals surface area contributed by atoms with E-state index in [1.807, 2.05) is 0 Å². The average molecular weight is 353 g/mol. The fourth-order valence-corrected chi connectivity index (χ4v) is 3.97. The molecule has 0 saturated heterocycles. The van der Waals surface area contributed by atoms with Gasteiger partial charge in [-0.3, -0.25) is 4.90 Å². The zero-order valence-corrected chi connectivity index (χ0v) is 15.2. The fraction of sp³-hybridized carbons (Fsp3) is 0.667. The minimum Gasteiger partial charge on any atom is -0.329 e. The highest BCUT2D eigenvalue weighted by atomic mass is 79.9. The van der Waals surface area contributed by atoms with E-state index in [2.05, 4.69) is 59.9 Å². The van der Waals surface area contributed by atoms with Crippen molar-refractivity contribution < 1.29 is 0 Å². The molecule has 1 aromatic rings. The Morgan fingerprint density at radius 2 is 1.95 bits per heavy atom. The first-order chi connectivity index (χ1) is 10.1. The molecule has 2 N–H and O–H groups in total. The average Bonchev–Trinajstić information content (AvgIpc) is 2.51. The summed E-state index contributed by atoms with van der Waals surface area (Å²) in [6.07, 6.45) is 6.72. The predicted octanol–water partition coefficient (Wildman–Crippen LogP) is 4.66. The van der Waals surface area contributed by atoms with Crippen LogP contribution in [0.15, 0.2) is 22.7 Å². The minimum absolute atomic E-state index is 0.324. The molecule has 1 fully saturated rings. The van der Waals surface area contributed by atoms with Crippen molar-refractivity contribution in [1.29, 1.82) is 0 Å². The maximum atomic E-state index is 6.10. The van der Waals surface area contributed by atoms with Crippen molar-refractivity contribution in [2.45, 2.75) is 58.0 Å². The zero-order valence-electron chi connectivity index (χ0n) is 13.6. The summed E-state index contributed by atoms with van der Waals surface area (Å²) >= 11 is 3.65. The van der Waals surface area contributed by atoms with Crippen molar-refractivity contribution in [2.24, 2.45) is 11.7 Å². The Morgan fingerprint density at radius 3 is 2.48 bits per heavy atom. The van der Waals surface area contributed by atoms with E-state index >= 15 is 0 Å². The molecule has 21 heavy (non-hydrogen) atoms. The zero-order chi connectivity index (χ0) is 15.4. The Bertz CT molecular complexity index is 453. The molecule has 118 valence electrons. The number of halogens is 1. The first-order valence-electron chi connectivity index (χ1n) is 8.24. The molecule has 1 unspecified atom stereocenters. The van der Waals surface area contributed by atoms with Crippen LogP contribution in [0, 0.1) is 12.8 Å². The smallest absolute Gasteiger partial charge is 0.0470 e. The number of aryl methyl sites for hydroxylation is 1. The van der Waals surface area contributed by atoms with Crippen LogP contribution < -0.4 is 5.73 Å². The fourth-order valence-electron chi connectivity index (χ4n) is 3.57. The van der Waals surface area contributed by atoms with Crippen LogP contribution in [-0.4, -0.2) is 24.5 Å². The second kappa shape index (κ2) is 7.75. The molecule has 2 rings (SSSR count). The number of nitrogens with zero attached hydrogens (tertiary/aromatic N) is 1. The number of hydrogen-bond donors (Lipinski definition) is 1. The van der Waals surface area contributed by atoms with Crippen LogP contribution in [-0.2, 0) is 0 Å². The van der Waals surface area contributed by atoms with Gasteiger partial charge in [0.25, 0.3) is 0 Å². The van der Waals surface area contributed by atoms with Crippen molar-refractivity contribution >= 4 is 15.9 Å². The molecule has 0 amide bonds. The van der Waals surface area contributed by atoms with Gasteiger partial charge >= 0.3 is 0 Å². The van der Waals surface area contributed by atoms with Gasteiger partial charge in [-0.2, -0.15) is 0 Å². The Hall–Kier alpha value is -0.380. The molecule has 0 aromatic heterocycles. The molecule has 1 aromatic carbocycles. The summed E-state index contributed by atoms with van der Waals surface area (Å²) in [5.41, 5.74) is 8.70. The van der Waals surface area contributed by atoms with E-state index < -0.39 is 0 Å². The van der Waals surface area contributed by atoms with Crippen molar-refractivity contribution in [3.8, 4) is 0 Å². The Labute approximate surface area is 138 Å². The quantitative estimate of drug-likeness (QED) is 0.834. The van der Waals surface area contributed by atoms with Gasteiger partial charge in [0.05, 0.1) is 0 Å². The van der Waals surface area contributed by atoms with Gasteiger partial charge in [-0.1, -0.05) is 41.4 Å². The topological polar surface area (TPSA) is 29.3 Å². The van der Waals surface area contributed by atoms with Crippen LogP contribution in [0.1, 0.15) is 56.2 Å². The van der Waals surface area contributed by atoms with Crippen LogP contribution in [0.3, 0.4) is 0 Å². The maximum absolute atomic E-state index is 6.10. The number of likely N-dealkylation sites (N-methyl/N-ethyl adjacent to an activating group) is 1. The maximum Gasteiger partial charge on any atom is 0.0470 e. The minimum atomic E-state index is 0.324. The van der Waals surface area contributed by atoms with E-state index in [0.717, 1.165) is 5.92 Å². The lowest BCUT2D eigenvalue weighted by Gasteiger charge is -2.39. The van der Waals surface area contributed by atoms with Crippen molar-refractivity contribution in [2.75, 3.05) is 13.6 Å². The highest BCUT2D eigenvalue weighted by Crippen LogP contribution is 2.33. The van der Waals surface area contributed by atoms with E-state index in [1.54, 1.807) is 0 Å². The number of nitrogens with two attached hydrogens (primary N) is 1. The van der Waals surface area contributed by atoms with Crippen molar-refractivity contribution in [3.63, 3.8) is 0 Å². The van der Waals surface area contributed by atoms with Gasteiger partial charge in [0.15, 0.2) is 0 Å². The molecule has 0 spiro atoms. The van der Waals surface area contributed by atoms with Crippen LogP contribution in [0.5, 0.6) is 0 Å². The van der Waals surface area contributed by atoms with Crippen LogP contribution in [0.2, 0.25) is 0 Å². The highest BCUT2D eigenvalue weighted by Gasteiger charge is 2.27. The van der Waals surface area contributed by atoms with Crippen molar-refractivity contribution in [3.05, 3.63) is 33.8 Å². The summed E-state index contributed by atoms with van der Waals surface area (Å²) < 4.78 is 1.18. The van der Waals surface area contributed by atoms with E-state index in [-0.39, 0.29) is 0 Å². The van der Waals surface area contributed by atoms with Gasteiger partial charge in [0, 0.05) is 23.1 Å². The Balaban J connectivity index is 2.08. The molecular weight excluding hydrogens is 324 g/mol. The second-order valence-electron chi connectivity index (χ2n) is 6.51. The Kier molecular flexibility index (Phi) is 6.27. The normalized spacial score (nSPS) is 24.3. The summed E-state index contributed by atoms with van der Waals surface area (Å²) in [7, 11) is 2.25. The lowest BCUT2D eigenvalue weighted by atomic mass is 9.83. The summed E-state index contributed by atoms with van der Waals surface area (Å²) in [6, 6.07) is 7.66. The standard InChI is InChI=1S/C18H29BrN2/c1-4-14-6-9-16(10-7-14)21(3)18(12-20)15-8-5-13(2)17(19)11-15/h5,8,11,14,16,18H,4,6-7,9-10,12,20H2,1-3H3. The summed E-state index contributed by atoms with van der Waals surface area (Å²) in [5, 5.41) is 0. The lowest BCUT2D eigenvalue weighted by molar-refractivity contribution is 0.122. The number of hydrogen-bond acceptors (Lipinski definition) is 2. The third-order valence-electron chi connectivity index (χ3n) is 5.27. The van der Waals surface area contributed by atoms with Gasteiger partial charge in [0.2, 0.25) is 0 Å². The second-order valence-corrected chi connectivity index (χ2v) is 7.36. The summed E-state index contributed by atoms with van der Waals surface area (Å²) in [6.45, 7) is 5.13. The van der Waals surface area contributed by atoms with E-state index in [1.165, 1.54) is 47.7 Å². The molecule has 1 saturated carbocycles. The van der Waals surface area contributed by atoms with Gasteiger partial charge in [0.1, 0.15) is 0 Å². The summed E-state index contributed by atoms with van der Waals surface area (Å²) in [5.74, 6) is 0.944. The molecule has 1 aliphatic rings. The van der Waals surface area contributed by atoms with Gasteiger partial charge in [-0.05, 0) is 62.8 Å². The van der Waals surface area contributed by atoms with Gasteiger partial charge < -0.3 is 5.73 Å². The van der Waals surface area contributed by atoms with E-state index in [0.29, 0.717) is 18.6 Å². The van der Waals surface area contributed by atoms with E-state index in [9.17, 15) is 0 Å². The molecular formula is C18H29BrN2. The molecule has 0 radical (unpaired) electrons. The third kappa shape index (κ3) is 4.08. The largest absolute Gasteiger partial charge is 0.329 e. The first kappa shape index (κ1) is 17.0. The van der Waals surface area contributed by atoms with Crippen molar-refractivity contribution in [1.82, 2.24) is 4.90 Å². The molecule has 2 nitrogen and oxygen atoms in total. The Morgan fingerprint density at radius 1 is 1.29 bits per heavy atom. The van der Waals surface area contributed by atoms with Crippen LogP contribution >= 0.6 is 15.9 Å². The van der Waals surface area contributed by atoms with Crippen LogP contribution in [0.4, 0.5) is 0 Å². The first-order valence-corrected chi connectivity index (χ1v) is 9.04. The van der Waals surface area contributed by atoms with Gasteiger partial charge in [-0.25, -0.2) is 0 Å². The SMILES string of the molecule is CCC1CCC(N(C)C(CN)c2ccc(C)c(Br)c2)CC1.